The van der Waals surface area contributed by atoms with Crippen LogP contribution < -0.4 is 15.8 Å². The van der Waals surface area contributed by atoms with E-state index < -0.39 is 0 Å². The Morgan fingerprint density at radius 3 is 2.62 bits per heavy atom. The van der Waals surface area contributed by atoms with Gasteiger partial charge in [0.05, 0.1) is 18.7 Å². The fourth-order valence-corrected chi connectivity index (χ4v) is 3.85. The highest BCUT2D eigenvalue weighted by Crippen LogP contribution is 2.26. The molecule has 0 saturated heterocycles. The van der Waals surface area contributed by atoms with Gasteiger partial charge in [-0.25, -0.2) is 0 Å². The molecule has 2 aromatic rings. The minimum absolute atomic E-state index is 0.197. The molecule has 0 saturated carbocycles. The molecule has 0 unspecified atom stereocenters. The highest BCUT2D eigenvalue weighted by atomic mass is 16.2. The zero-order valence-electron chi connectivity index (χ0n) is 17.8. The largest absolute Gasteiger partial charge is 0.362 e. The number of carbonyl (C=O) groups is 2. The normalized spacial score (nSPS) is 13.3. The second kappa shape index (κ2) is 9.11. The van der Waals surface area contributed by atoms with Crippen molar-refractivity contribution in [2.75, 3.05) is 18.0 Å². The van der Waals surface area contributed by atoms with Crippen LogP contribution in [0.25, 0.3) is 0 Å². The van der Waals surface area contributed by atoms with Crippen LogP contribution in [0.3, 0.4) is 0 Å². The number of fused-ring (bicyclic) bond motifs is 1. The molecule has 0 spiro atoms. The number of nitrogens with one attached hydrogen (secondary N) is 2. The number of nitrogens with zero attached hydrogens (tertiary/aromatic N) is 3. The lowest BCUT2D eigenvalue weighted by Crippen LogP contribution is -2.47. The van der Waals surface area contributed by atoms with Crippen molar-refractivity contribution < 1.29 is 9.59 Å². The van der Waals surface area contributed by atoms with Crippen LogP contribution in [0, 0.1) is 19.8 Å². The third-order valence-electron chi connectivity index (χ3n) is 5.29. The first-order valence-corrected chi connectivity index (χ1v) is 10.3. The molecule has 0 fully saturated rings. The second-order valence-corrected chi connectivity index (χ2v) is 8.15. The number of amides is 2. The van der Waals surface area contributed by atoms with E-state index in [1.165, 1.54) is 5.56 Å². The van der Waals surface area contributed by atoms with E-state index in [0.717, 1.165) is 48.6 Å². The summed E-state index contributed by atoms with van der Waals surface area (Å²) in [6.07, 6.45) is 2.26. The van der Waals surface area contributed by atoms with E-state index >= 15 is 0 Å². The van der Waals surface area contributed by atoms with Crippen molar-refractivity contribution in [2.24, 2.45) is 5.92 Å². The molecule has 0 radical (unpaired) electrons. The zero-order chi connectivity index (χ0) is 21.0. The summed E-state index contributed by atoms with van der Waals surface area (Å²) in [6, 6.07) is 8.16. The Bertz CT molecular complexity index is 887. The number of aryl methyl sites for hydroxylation is 2. The number of hydrogen-bond donors (Lipinski definition) is 2. The zero-order valence-corrected chi connectivity index (χ0v) is 17.8. The maximum atomic E-state index is 12.4. The number of rotatable bonds is 6. The molecular formula is C22H31N5O2. The molecule has 0 aliphatic carbocycles. The Balaban J connectivity index is 1.53. The molecular weight excluding hydrogens is 366 g/mol. The van der Waals surface area contributed by atoms with Crippen molar-refractivity contribution in [3.63, 3.8) is 0 Å². The van der Waals surface area contributed by atoms with Gasteiger partial charge in [-0.2, -0.15) is 5.10 Å². The van der Waals surface area contributed by atoms with Gasteiger partial charge >= 0.3 is 0 Å². The fourth-order valence-electron chi connectivity index (χ4n) is 3.85. The van der Waals surface area contributed by atoms with Crippen LogP contribution in [-0.4, -0.2) is 34.7 Å². The lowest BCUT2D eigenvalue weighted by molar-refractivity contribution is -0.127. The van der Waals surface area contributed by atoms with Crippen LogP contribution in [0.4, 0.5) is 5.69 Å². The second-order valence-electron chi connectivity index (χ2n) is 8.15. The summed E-state index contributed by atoms with van der Waals surface area (Å²) in [5.74, 6) is 0.0144. The van der Waals surface area contributed by atoms with Crippen molar-refractivity contribution >= 4 is 17.5 Å². The minimum atomic E-state index is -0.243. The standard InChI is InChI=1S/C22H31N5O2/c1-15(2)13-27-17(4)19(16(3)25-27)12-21(28)23-24-22(29)14-26-11-7-9-18-8-5-6-10-20(18)26/h5-6,8,10,15H,7,9,11-14H2,1-4H3,(H,23,28)(H,24,29). The first-order chi connectivity index (χ1) is 13.8. The summed E-state index contributed by atoms with van der Waals surface area (Å²) < 4.78 is 1.95. The first kappa shape index (κ1) is 20.9. The van der Waals surface area contributed by atoms with Gasteiger partial charge in [-0.15, -0.1) is 0 Å². The van der Waals surface area contributed by atoms with Gasteiger partial charge in [-0.3, -0.25) is 25.1 Å². The quantitative estimate of drug-likeness (QED) is 0.733. The average Bonchev–Trinajstić information content (AvgIpc) is 2.93. The van der Waals surface area contributed by atoms with Crippen molar-refractivity contribution in [2.45, 2.75) is 53.5 Å². The maximum absolute atomic E-state index is 12.4. The molecule has 29 heavy (non-hydrogen) atoms. The number of aromatic nitrogens is 2. The van der Waals surface area contributed by atoms with Crippen LogP contribution in [0.2, 0.25) is 0 Å². The van der Waals surface area contributed by atoms with E-state index in [-0.39, 0.29) is 24.8 Å². The van der Waals surface area contributed by atoms with Gasteiger partial charge in [0.25, 0.3) is 5.91 Å². The average molecular weight is 398 g/mol. The van der Waals surface area contributed by atoms with Gasteiger partial charge < -0.3 is 4.90 Å². The van der Waals surface area contributed by atoms with Gasteiger partial charge in [0.1, 0.15) is 0 Å². The van der Waals surface area contributed by atoms with E-state index in [0.29, 0.717) is 5.92 Å². The van der Waals surface area contributed by atoms with Crippen molar-refractivity contribution in [3.05, 3.63) is 46.8 Å². The smallest absolute Gasteiger partial charge is 0.257 e. The van der Waals surface area contributed by atoms with E-state index in [1.807, 2.05) is 36.7 Å². The number of para-hydroxylation sites is 1. The van der Waals surface area contributed by atoms with E-state index in [9.17, 15) is 9.59 Å². The predicted molar refractivity (Wildman–Crippen MR) is 114 cm³/mol. The third-order valence-corrected chi connectivity index (χ3v) is 5.29. The Labute approximate surface area is 172 Å². The number of anilines is 1. The number of benzene rings is 1. The van der Waals surface area contributed by atoms with E-state index in [2.05, 4.69) is 40.8 Å². The summed E-state index contributed by atoms with van der Waals surface area (Å²) in [5, 5.41) is 4.54. The first-order valence-electron chi connectivity index (χ1n) is 10.3. The summed E-state index contributed by atoms with van der Waals surface area (Å²) >= 11 is 0. The van der Waals surface area contributed by atoms with Crippen LogP contribution in [0.1, 0.15) is 42.8 Å². The fraction of sp³-hybridized carbons (Fsp3) is 0.500. The molecule has 7 heteroatoms. The topological polar surface area (TPSA) is 79.3 Å². The van der Waals surface area contributed by atoms with Gasteiger partial charge in [0.15, 0.2) is 0 Å². The molecule has 7 nitrogen and oxygen atoms in total. The lowest BCUT2D eigenvalue weighted by Gasteiger charge is -2.30. The molecule has 1 aromatic carbocycles. The molecule has 2 amide bonds. The molecule has 1 aliphatic heterocycles. The van der Waals surface area contributed by atoms with E-state index in [4.69, 9.17) is 0 Å². The molecule has 2 heterocycles. The van der Waals surface area contributed by atoms with Gasteiger partial charge in [-0.05, 0) is 44.2 Å². The van der Waals surface area contributed by atoms with Crippen LogP contribution >= 0.6 is 0 Å². The summed E-state index contributed by atoms with van der Waals surface area (Å²) in [5.41, 5.74) is 10.2. The highest BCUT2D eigenvalue weighted by Gasteiger charge is 2.19. The Hall–Kier alpha value is -2.83. The van der Waals surface area contributed by atoms with Gasteiger partial charge in [0.2, 0.25) is 5.91 Å². The molecule has 3 rings (SSSR count). The molecule has 0 bridgehead atoms. The molecule has 1 aromatic heterocycles. The molecule has 156 valence electrons. The van der Waals surface area contributed by atoms with Crippen molar-refractivity contribution in [1.82, 2.24) is 20.6 Å². The Morgan fingerprint density at radius 2 is 1.86 bits per heavy atom. The molecule has 0 atom stereocenters. The molecule has 1 aliphatic rings. The summed E-state index contributed by atoms with van der Waals surface area (Å²) in [4.78, 5) is 26.8. The van der Waals surface area contributed by atoms with Crippen LogP contribution in [0.15, 0.2) is 24.3 Å². The Morgan fingerprint density at radius 1 is 1.14 bits per heavy atom. The van der Waals surface area contributed by atoms with Crippen molar-refractivity contribution in [1.29, 1.82) is 0 Å². The monoisotopic (exact) mass is 397 g/mol. The Kier molecular flexibility index (Phi) is 6.56. The van der Waals surface area contributed by atoms with Crippen LogP contribution in [-0.2, 0) is 29.0 Å². The van der Waals surface area contributed by atoms with Gasteiger partial charge in [0, 0.05) is 30.0 Å². The highest BCUT2D eigenvalue weighted by molar-refractivity contribution is 5.86. The third kappa shape index (κ3) is 5.16. The van der Waals surface area contributed by atoms with Crippen molar-refractivity contribution in [3.8, 4) is 0 Å². The SMILES string of the molecule is Cc1nn(CC(C)C)c(C)c1CC(=O)NNC(=O)CN1CCCc2ccccc21. The van der Waals surface area contributed by atoms with E-state index in [1.54, 1.807) is 0 Å². The number of carbonyl (C=O) groups excluding carboxylic acids is 2. The van der Waals surface area contributed by atoms with Crippen LogP contribution in [0.5, 0.6) is 0 Å². The molecule has 2 N–H and O–H groups in total. The number of hydrogen-bond acceptors (Lipinski definition) is 4. The lowest BCUT2D eigenvalue weighted by atomic mass is 10.0. The maximum Gasteiger partial charge on any atom is 0.257 e. The predicted octanol–water partition coefficient (Wildman–Crippen LogP) is 2.30. The summed E-state index contributed by atoms with van der Waals surface area (Å²) in [6.45, 7) is 10.1. The summed E-state index contributed by atoms with van der Waals surface area (Å²) in [7, 11) is 0. The number of hydrazine groups is 1. The minimum Gasteiger partial charge on any atom is -0.362 e. The van der Waals surface area contributed by atoms with Gasteiger partial charge in [-0.1, -0.05) is 32.0 Å².